The van der Waals surface area contributed by atoms with Gasteiger partial charge in [0.15, 0.2) is 0 Å². The van der Waals surface area contributed by atoms with Crippen molar-refractivity contribution in [2.75, 3.05) is 17.7 Å². The second-order valence-electron chi connectivity index (χ2n) is 13.1. The largest absolute Gasteiger partial charge is 1.00 e. The van der Waals surface area contributed by atoms with Crippen LogP contribution >= 0.6 is 11.3 Å². The van der Waals surface area contributed by atoms with Gasteiger partial charge in [0.05, 0.1) is 23.7 Å². The topological polar surface area (TPSA) is 139 Å². The molecular formula is C41H44N2NaO7S-. The Morgan fingerprint density at radius 1 is 0.885 bits per heavy atom. The number of ether oxygens (including phenoxy) is 1. The van der Waals surface area contributed by atoms with Gasteiger partial charge in [0.2, 0.25) is 5.91 Å². The van der Waals surface area contributed by atoms with E-state index < -0.39 is 11.4 Å². The number of rotatable bonds is 13. The molecule has 1 heterocycles. The molecule has 52 heavy (non-hydrogen) atoms. The van der Waals surface area contributed by atoms with Crippen LogP contribution in [0.3, 0.4) is 0 Å². The third-order valence-corrected chi connectivity index (χ3v) is 9.97. The molecule has 0 aliphatic heterocycles. The third kappa shape index (κ3) is 11.9. The van der Waals surface area contributed by atoms with E-state index in [0.717, 1.165) is 61.8 Å². The monoisotopic (exact) mass is 731 g/mol. The van der Waals surface area contributed by atoms with E-state index in [-0.39, 0.29) is 53.8 Å². The van der Waals surface area contributed by atoms with E-state index in [4.69, 9.17) is 9.84 Å². The summed E-state index contributed by atoms with van der Waals surface area (Å²) < 4.78 is 4.75. The van der Waals surface area contributed by atoms with Crippen molar-refractivity contribution in [1.82, 2.24) is 0 Å². The Morgan fingerprint density at radius 2 is 1.52 bits per heavy atom. The van der Waals surface area contributed by atoms with Crippen molar-refractivity contribution in [3.63, 3.8) is 0 Å². The number of amides is 2. The fourth-order valence-electron chi connectivity index (χ4n) is 5.62. The molecule has 5 rings (SSSR count). The average molecular weight is 732 g/mol. The summed E-state index contributed by atoms with van der Waals surface area (Å²) in [5, 5.41) is 15.2. The molecule has 2 amide bonds. The Labute approximate surface area is 331 Å². The maximum absolute atomic E-state index is 13.5. The van der Waals surface area contributed by atoms with Gasteiger partial charge in [0, 0.05) is 10.6 Å². The summed E-state index contributed by atoms with van der Waals surface area (Å²) in [5.41, 5.74) is 5.73. The van der Waals surface area contributed by atoms with E-state index >= 15 is 0 Å². The van der Waals surface area contributed by atoms with Gasteiger partial charge in [-0.3, -0.25) is 20.7 Å². The SMILES string of the molecule is CC(C)(CC[C-]=O)C(=O)O.[CH2-]c1cccc(C(=O)Nc2sc3c(c2C(=O)Nc2ccc(CCCc4ccc(C(=O)OC)cc4)cc2)CCCC3)c1.[Na+]. The van der Waals surface area contributed by atoms with E-state index in [1.165, 1.54) is 34.5 Å². The van der Waals surface area contributed by atoms with Crippen molar-refractivity contribution in [2.45, 2.75) is 71.6 Å². The number of carbonyl (C=O) groups excluding carboxylic acids is 4. The molecule has 0 unspecified atom stereocenters. The van der Waals surface area contributed by atoms with Crippen LogP contribution in [0.25, 0.3) is 0 Å². The van der Waals surface area contributed by atoms with E-state index in [0.29, 0.717) is 28.1 Å². The second kappa shape index (κ2) is 20.1. The molecule has 0 saturated heterocycles. The van der Waals surface area contributed by atoms with Gasteiger partial charge in [0.1, 0.15) is 5.00 Å². The fourth-order valence-corrected chi connectivity index (χ4v) is 6.90. The maximum atomic E-state index is 13.5. The summed E-state index contributed by atoms with van der Waals surface area (Å²) >= 11 is 1.51. The van der Waals surface area contributed by atoms with Gasteiger partial charge in [-0.1, -0.05) is 36.8 Å². The Balaban J connectivity index is 0.000000581. The first-order chi connectivity index (χ1) is 24.4. The van der Waals surface area contributed by atoms with Gasteiger partial charge >= 0.3 is 41.5 Å². The molecule has 0 bridgehead atoms. The number of carbonyl (C=O) groups is 4. The molecule has 1 aliphatic carbocycles. The van der Waals surface area contributed by atoms with Crippen molar-refractivity contribution in [1.29, 1.82) is 0 Å². The molecule has 11 heteroatoms. The zero-order valence-corrected chi connectivity index (χ0v) is 33.1. The number of methoxy groups -OCH3 is 1. The minimum atomic E-state index is -0.872. The number of aliphatic carboxylic acids is 1. The first-order valence-corrected chi connectivity index (χ1v) is 17.8. The summed E-state index contributed by atoms with van der Waals surface area (Å²) in [6.45, 7) is 7.09. The summed E-state index contributed by atoms with van der Waals surface area (Å²) in [7, 11) is 1.38. The van der Waals surface area contributed by atoms with E-state index in [1.807, 2.05) is 42.5 Å². The molecule has 3 aromatic carbocycles. The summed E-state index contributed by atoms with van der Waals surface area (Å²) in [6, 6.07) is 22.6. The minimum Gasteiger partial charge on any atom is -0.542 e. The average Bonchev–Trinajstić information content (AvgIpc) is 3.49. The smallest absolute Gasteiger partial charge is 0.542 e. The zero-order valence-electron chi connectivity index (χ0n) is 30.3. The normalized spacial score (nSPS) is 11.8. The number of nitrogens with one attached hydrogen (secondary N) is 2. The van der Waals surface area contributed by atoms with Gasteiger partial charge in [-0.15, -0.1) is 17.4 Å². The predicted molar refractivity (Wildman–Crippen MR) is 200 cm³/mol. The molecule has 0 saturated carbocycles. The van der Waals surface area contributed by atoms with Crippen LogP contribution in [0.15, 0.2) is 72.8 Å². The Morgan fingerprint density at radius 3 is 2.12 bits per heavy atom. The molecule has 3 N–H and O–H groups in total. The number of fused-ring (bicyclic) bond motifs is 1. The Kier molecular flexibility index (Phi) is 16.3. The molecule has 9 nitrogen and oxygen atoms in total. The van der Waals surface area contributed by atoms with Crippen molar-refractivity contribution in [3.8, 4) is 0 Å². The molecule has 0 fully saturated rings. The van der Waals surface area contributed by atoms with Crippen molar-refractivity contribution < 1.29 is 63.4 Å². The van der Waals surface area contributed by atoms with Crippen LogP contribution in [-0.2, 0) is 40.0 Å². The number of aryl methyl sites for hydroxylation is 3. The van der Waals surface area contributed by atoms with E-state index in [9.17, 15) is 24.0 Å². The molecule has 0 radical (unpaired) electrons. The van der Waals surface area contributed by atoms with Crippen LogP contribution in [0.4, 0.5) is 10.7 Å². The van der Waals surface area contributed by atoms with Crippen LogP contribution in [0, 0.1) is 12.3 Å². The molecule has 268 valence electrons. The first-order valence-electron chi connectivity index (χ1n) is 17.0. The number of hydrogen-bond acceptors (Lipinski definition) is 7. The van der Waals surface area contributed by atoms with E-state index in [1.54, 1.807) is 50.5 Å². The van der Waals surface area contributed by atoms with Crippen LogP contribution in [0.2, 0.25) is 0 Å². The minimum absolute atomic E-state index is 0. The Bertz CT molecular complexity index is 1850. The molecule has 4 aromatic rings. The van der Waals surface area contributed by atoms with Crippen LogP contribution in [-0.4, -0.2) is 42.3 Å². The standard InChI is InChI=1S/C34H33N2O4S.C7H11O3.Na/c1-22-7-5-10-26(21-22)31(37)36-33-30(28-11-3-4-12-29(28)41-33)32(38)35-27-19-15-24(16-20-27)9-6-8-23-13-17-25(18-14-23)34(39)40-2;1-7(2,6(9)10)4-3-5-8;/h5,7,10,13-21H,1,3-4,6,8-9,11-12H2,2H3,(H,35,38)(H,36,37);3-4H2,1-2H3,(H,9,10);/q2*-1;+1. The predicted octanol–water partition coefficient (Wildman–Crippen LogP) is 5.27. The first kappa shape index (κ1) is 42.2. The number of benzene rings is 3. The zero-order chi connectivity index (χ0) is 37.0. The van der Waals surface area contributed by atoms with Gasteiger partial charge in [-0.05, 0) is 105 Å². The number of carboxylic acid groups (broad SMARTS) is 1. The number of hydrogen-bond donors (Lipinski definition) is 3. The maximum Gasteiger partial charge on any atom is 1.00 e. The van der Waals surface area contributed by atoms with E-state index in [2.05, 4.69) is 17.6 Å². The van der Waals surface area contributed by atoms with Gasteiger partial charge < -0.3 is 25.3 Å². The number of anilines is 2. The summed E-state index contributed by atoms with van der Waals surface area (Å²) in [4.78, 5) is 59.5. The number of carboxylic acids is 1. The van der Waals surface area contributed by atoms with Crippen LogP contribution in [0.1, 0.15) is 104 Å². The van der Waals surface area contributed by atoms with Gasteiger partial charge in [-0.2, -0.15) is 31.0 Å². The molecule has 0 spiro atoms. The summed E-state index contributed by atoms with van der Waals surface area (Å²) in [6.07, 6.45) is 8.86. The Hall–Kier alpha value is -4.22. The van der Waals surface area contributed by atoms with Crippen LogP contribution in [0.5, 0.6) is 0 Å². The second-order valence-corrected chi connectivity index (χ2v) is 14.2. The summed E-state index contributed by atoms with van der Waals surface area (Å²) in [5.74, 6) is -1.65. The quantitative estimate of drug-likeness (QED) is 0.0969. The van der Waals surface area contributed by atoms with Crippen molar-refractivity contribution in [2.24, 2.45) is 5.41 Å². The number of thiophene rings is 1. The van der Waals surface area contributed by atoms with Crippen molar-refractivity contribution >= 4 is 52.1 Å². The fraction of sp³-hybridized carbons (Fsp3) is 0.317. The molecule has 1 aromatic heterocycles. The van der Waals surface area contributed by atoms with Gasteiger partial charge in [0.25, 0.3) is 5.91 Å². The van der Waals surface area contributed by atoms with Gasteiger partial charge in [-0.25, -0.2) is 4.79 Å². The molecular weight excluding hydrogens is 688 g/mol. The number of esters is 1. The third-order valence-electron chi connectivity index (χ3n) is 8.76. The molecule has 0 atom stereocenters. The van der Waals surface area contributed by atoms with Crippen LogP contribution < -0.4 is 40.2 Å². The molecule has 1 aliphatic rings. The van der Waals surface area contributed by atoms with Crippen molar-refractivity contribution in [3.05, 3.63) is 124 Å².